The Hall–Kier alpha value is -2.15. The van der Waals surface area contributed by atoms with Crippen LogP contribution in [0.3, 0.4) is 0 Å². The van der Waals surface area contributed by atoms with Gasteiger partial charge in [-0.05, 0) is 35.0 Å². The third-order valence-corrected chi connectivity index (χ3v) is 3.82. The molecular weight excluding hydrogens is 336 g/mol. The Kier molecular flexibility index (Phi) is 4.74. The van der Waals surface area contributed by atoms with Gasteiger partial charge in [-0.1, -0.05) is 12.1 Å². The summed E-state index contributed by atoms with van der Waals surface area (Å²) < 4.78 is 7.37. The molecule has 0 fully saturated rings. The summed E-state index contributed by atoms with van der Waals surface area (Å²) in [6.45, 7) is 1.82. The zero-order valence-electron chi connectivity index (χ0n) is 11.9. The number of nitrogens with zero attached hydrogens (tertiary/aromatic N) is 3. The number of methoxy groups -OCH3 is 1. The van der Waals surface area contributed by atoms with Gasteiger partial charge in [-0.25, -0.2) is 5.43 Å². The van der Waals surface area contributed by atoms with E-state index in [2.05, 4.69) is 31.6 Å². The van der Waals surface area contributed by atoms with Crippen molar-refractivity contribution < 1.29 is 9.53 Å². The van der Waals surface area contributed by atoms with Crippen LogP contribution in [0.1, 0.15) is 21.7 Å². The number of hydrogen-bond donors (Lipinski definition) is 1. The van der Waals surface area contributed by atoms with Crippen molar-refractivity contribution >= 4 is 28.1 Å². The summed E-state index contributed by atoms with van der Waals surface area (Å²) in [5.41, 5.74) is 4.42. The molecule has 0 bridgehead atoms. The third-order valence-electron chi connectivity index (χ3n) is 2.87. The normalized spacial score (nSPS) is 10.9. The van der Waals surface area contributed by atoms with Gasteiger partial charge in [0.15, 0.2) is 0 Å². The third kappa shape index (κ3) is 3.30. The standard InChI is InChI=1S/C14H15BrN4O2/c1-9-12(15)13(19(2)18-9)14(20)17-16-8-10-6-4-5-7-11(10)21-3/h4-8H,1-3H3,(H,17,20)/b16-8-. The molecule has 1 amide bonds. The molecule has 1 heterocycles. The predicted octanol–water partition coefficient (Wildman–Crippen LogP) is 2.26. The number of para-hydroxylation sites is 1. The lowest BCUT2D eigenvalue weighted by molar-refractivity contribution is 0.0945. The zero-order chi connectivity index (χ0) is 15.4. The lowest BCUT2D eigenvalue weighted by Crippen LogP contribution is -2.21. The van der Waals surface area contributed by atoms with Crippen LogP contribution in [0, 0.1) is 6.92 Å². The first kappa shape index (κ1) is 15.2. The highest BCUT2D eigenvalue weighted by Gasteiger charge is 2.17. The number of ether oxygens (including phenoxy) is 1. The van der Waals surface area contributed by atoms with Crippen LogP contribution in [0.15, 0.2) is 33.8 Å². The average molecular weight is 351 g/mol. The predicted molar refractivity (Wildman–Crippen MR) is 83.7 cm³/mol. The fourth-order valence-electron chi connectivity index (χ4n) is 1.87. The van der Waals surface area contributed by atoms with Crippen LogP contribution in [0.4, 0.5) is 0 Å². The van der Waals surface area contributed by atoms with Crippen LogP contribution in [-0.4, -0.2) is 29.0 Å². The summed E-state index contributed by atoms with van der Waals surface area (Å²) in [5.74, 6) is 0.351. The fourth-order valence-corrected chi connectivity index (χ4v) is 2.38. The lowest BCUT2D eigenvalue weighted by Gasteiger charge is -2.03. The van der Waals surface area contributed by atoms with Crippen LogP contribution in [-0.2, 0) is 7.05 Å². The minimum absolute atomic E-state index is 0.337. The second kappa shape index (κ2) is 6.53. The van der Waals surface area contributed by atoms with Crippen molar-refractivity contribution in [2.45, 2.75) is 6.92 Å². The number of amides is 1. The van der Waals surface area contributed by atoms with Crippen molar-refractivity contribution in [1.29, 1.82) is 0 Å². The molecule has 0 aliphatic carbocycles. The van der Waals surface area contributed by atoms with Crippen LogP contribution in [0.2, 0.25) is 0 Å². The van der Waals surface area contributed by atoms with Crippen molar-refractivity contribution in [3.63, 3.8) is 0 Å². The van der Waals surface area contributed by atoms with E-state index in [0.29, 0.717) is 15.9 Å². The highest BCUT2D eigenvalue weighted by atomic mass is 79.9. The first-order valence-electron chi connectivity index (χ1n) is 6.20. The molecule has 1 aromatic carbocycles. The van der Waals surface area contributed by atoms with Crippen LogP contribution >= 0.6 is 15.9 Å². The fraction of sp³-hybridized carbons (Fsp3) is 0.214. The molecule has 0 saturated heterocycles. The van der Waals surface area contributed by atoms with Gasteiger partial charge in [0, 0.05) is 12.6 Å². The molecule has 0 aliphatic heterocycles. The van der Waals surface area contributed by atoms with E-state index in [1.807, 2.05) is 31.2 Å². The molecule has 0 radical (unpaired) electrons. The van der Waals surface area contributed by atoms with Gasteiger partial charge < -0.3 is 4.74 Å². The Morgan fingerprint density at radius 2 is 2.19 bits per heavy atom. The molecular formula is C14H15BrN4O2. The molecule has 0 spiro atoms. The molecule has 7 heteroatoms. The Morgan fingerprint density at radius 3 is 2.81 bits per heavy atom. The van der Waals surface area contributed by atoms with Gasteiger partial charge in [0.2, 0.25) is 0 Å². The van der Waals surface area contributed by atoms with Crippen molar-refractivity contribution in [2.24, 2.45) is 12.1 Å². The van der Waals surface area contributed by atoms with Gasteiger partial charge >= 0.3 is 0 Å². The van der Waals surface area contributed by atoms with E-state index in [4.69, 9.17) is 4.74 Å². The van der Waals surface area contributed by atoms with Gasteiger partial charge in [0.25, 0.3) is 5.91 Å². The summed E-state index contributed by atoms with van der Waals surface area (Å²) in [6, 6.07) is 7.40. The minimum atomic E-state index is -0.337. The van der Waals surface area contributed by atoms with E-state index >= 15 is 0 Å². The Balaban J connectivity index is 2.12. The smallest absolute Gasteiger partial charge is 0.290 e. The second-order valence-electron chi connectivity index (χ2n) is 4.31. The number of hydrogen-bond acceptors (Lipinski definition) is 4. The van der Waals surface area contributed by atoms with Gasteiger partial charge in [0.1, 0.15) is 11.4 Å². The molecule has 0 saturated carbocycles. The number of carbonyl (C=O) groups excluding carboxylic acids is 1. The topological polar surface area (TPSA) is 68.5 Å². The maximum atomic E-state index is 12.1. The van der Waals surface area contributed by atoms with E-state index in [9.17, 15) is 4.79 Å². The maximum absolute atomic E-state index is 12.1. The summed E-state index contributed by atoms with van der Waals surface area (Å²) in [5, 5.41) is 8.11. The quantitative estimate of drug-likeness (QED) is 0.679. The van der Waals surface area contributed by atoms with E-state index in [-0.39, 0.29) is 5.91 Å². The summed E-state index contributed by atoms with van der Waals surface area (Å²) in [7, 11) is 3.29. The van der Waals surface area contributed by atoms with Crippen molar-refractivity contribution in [2.75, 3.05) is 7.11 Å². The summed E-state index contributed by atoms with van der Waals surface area (Å²) >= 11 is 3.35. The molecule has 0 aliphatic rings. The van der Waals surface area contributed by atoms with Gasteiger partial charge in [-0.2, -0.15) is 10.2 Å². The highest BCUT2D eigenvalue weighted by Crippen LogP contribution is 2.20. The minimum Gasteiger partial charge on any atom is -0.496 e. The highest BCUT2D eigenvalue weighted by molar-refractivity contribution is 9.10. The SMILES string of the molecule is COc1ccccc1/C=N\NC(=O)c1c(Br)c(C)nn1C. The Morgan fingerprint density at radius 1 is 1.48 bits per heavy atom. The molecule has 2 aromatic rings. The molecule has 110 valence electrons. The van der Waals surface area contributed by atoms with E-state index in [1.165, 1.54) is 10.9 Å². The maximum Gasteiger partial charge on any atom is 0.290 e. The molecule has 1 N–H and O–H groups in total. The number of nitrogens with one attached hydrogen (secondary N) is 1. The number of benzene rings is 1. The van der Waals surface area contributed by atoms with Gasteiger partial charge in [0.05, 0.1) is 23.5 Å². The number of hydrazone groups is 1. The van der Waals surface area contributed by atoms with Crippen LogP contribution < -0.4 is 10.2 Å². The number of halogens is 1. The van der Waals surface area contributed by atoms with Crippen molar-refractivity contribution in [3.8, 4) is 5.75 Å². The Bertz CT molecular complexity index is 694. The van der Waals surface area contributed by atoms with Crippen LogP contribution in [0.5, 0.6) is 5.75 Å². The second-order valence-corrected chi connectivity index (χ2v) is 5.11. The average Bonchev–Trinajstić information content (AvgIpc) is 2.72. The molecule has 0 atom stereocenters. The lowest BCUT2D eigenvalue weighted by atomic mass is 10.2. The van der Waals surface area contributed by atoms with Crippen molar-refractivity contribution in [3.05, 3.63) is 45.7 Å². The monoisotopic (exact) mass is 350 g/mol. The summed E-state index contributed by atoms with van der Waals surface area (Å²) in [4.78, 5) is 12.1. The van der Waals surface area contributed by atoms with Crippen LogP contribution in [0.25, 0.3) is 0 Å². The molecule has 6 nitrogen and oxygen atoms in total. The first-order chi connectivity index (χ1) is 10.0. The molecule has 0 unspecified atom stereocenters. The van der Waals surface area contributed by atoms with E-state index in [0.717, 1.165) is 11.3 Å². The number of rotatable bonds is 4. The Labute approximate surface area is 130 Å². The van der Waals surface area contributed by atoms with E-state index in [1.54, 1.807) is 14.2 Å². The molecule has 2 rings (SSSR count). The zero-order valence-corrected chi connectivity index (χ0v) is 13.5. The first-order valence-corrected chi connectivity index (χ1v) is 6.99. The van der Waals surface area contributed by atoms with Crippen molar-refractivity contribution in [1.82, 2.24) is 15.2 Å². The summed E-state index contributed by atoms with van der Waals surface area (Å²) in [6.07, 6.45) is 1.54. The number of aryl methyl sites for hydroxylation is 2. The van der Waals surface area contributed by atoms with Gasteiger partial charge in [-0.15, -0.1) is 0 Å². The number of aromatic nitrogens is 2. The number of carbonyl (C=O) groups is 1. The molecule has 21 heavy (non-hydrogen) atoms. The molecule has 1 aromatic heterocycles. The van der Waals surface area contributed by atoms with Gasteiger partial charge in [-0.3, -0.25) is 9.48 Å². The van der Waals surface area contributed by atoms with E-state index < -0.39 is 0 Å². The largest absolute Gasteiger partial charge is 0.496 e.